The highest BCUT2D eigenvalue weighted by Crippen LogP contribution is 2.27. The number of thiophene rings is 1. The molecule has 0 bridgehead atoms. The Bertz CT molecular complexity index is 981. The second kappa shape index (κ2) is 6.74. The molecule has 1 amide bonds. The van der Waals surface area contributed by atoms with Crippen molar-refractivity contribution in [1.82, 2.24) is 9.97 Å². The quantitative estimate of drug-likeness (QED) is 0.550. The van der Waals surface area contributed by atoms with Gasteiger partial charge in [0.05, 0.1) is 11.1 Å². The van der Waals surface area contributed by atoms with Crippen molar-refractivity contribution in [3.8, 4) is 0 Å². The highest BCUT2D eigenvalue weighted by Gasteiger charge is 2.13. The Hall–Kier alpha value is -2.19. The summed E-state index contributed by atoms with van der Waals surface area (Å²) in [4.78, 5) is 32.9. The van der Waals surface area contributed by atoms with E-state index in [9.17, 15) is 14.0 Å². The second-order valence-electron chi connectivity index (χ2n) is 5.18. The lowest BCUT2D eigenvalue weighted by Crippen LogP contribution is -2.15. The Morgan fingerprint density at radius 1 is 1.42 bits per heavy atom. The van der Waals surface area contributed by atoms with Gasteiger partial charge in [-0.2, -0.15) is 0 Å². The van der Waals surface area contributed by atoms with Crippen LogP contribution < -0.4 is 10.9 Å². The first-order valence-corrected chi connectivity index (χ1v) is 8.92. The fourth-order valence-corrected chi connectivity index (χ4v) is 3.95. The van der Waals surface area contributed by atoms with Crippen LogP contribution in [0.3, 0.4) is 0 Å². The van der Waals surface area contributed by atoms with Crippen molar-refractivity contribution in [2.75, 3.05) is 11.1 Å². The molecule has 2 heterocycles. The molecule has 3 rings (SSSR count). The summed E-state index contributed by atoms with van der Waals surface area (Å²) in [7, 11) is 0. The van der Waals surface area contributed by atoms with Gasteiger partial charge in [-0.3, -0.25) is 9.59 Å². The predicted octanol–water partition coefficient (Wildman–Crippen LogP) is 3.47. The summed E-state index contributed by atoms with van der Waals surface area (Å²) in [5.41, 5.74) is 1.13. The summed E-state index contributed by atoms with van der Waals surface area (Å²) in [5, 5.41) is 3.60. The minimum Gasteiger partial charge on any atom is -0.325 e. The SMILES string of the molecule is Cc1sc2nc(SCC(=O)Nc3cccc(F)c3)[nH]c(=O)c2c1C. The molecule has 0 atom stereocenters. The molecular formula is C16H14FN3O2S2. The molecule has 0 fully saturated rings. The zero-order valence-corrected chi connectivity index (χ0v) is 14.6. The number of aromatic nitrogens is 2. The predicted molar refractivity (Wildman–Crippen MR) is 95.5 cm³/mol. The molecule has 0 saturated carbocycles. The largest absolute Gasteiger partial charge is 0.325 e. The number of carbonyl (C=O) groups is 1. The van der Waals surface area contributed by atoms with Gasteiger partial charge < -0.3 is 10.3 Å². The van der Waals surface area contributed by atoms with Gasteiger partial charge in [-0.1, -0.05) is 17.8 Å². The normalized spacial score (nSPS) is 11.0. The number of anilines is 1. The van der Waals surface area contributed by atoms with Crippen molar-refractivity contribution in [2.45, 2.75) is 19.0 Å². The molecule has 0 radical (unpaired) electrons. The fourth-order valence-electron chi connectivity index (χ4n) is 2.20. The first-order chi connectivity index (χ1) is 11.4. The number of fused-ring (bicyclic) bond motifs is 1. The second-order valence-corrected chi connectivity index (χ2v) is 7.35. The van der Waals surface area contributed by atoms with Gasteiger partial charge >= 0.3 is 0 Å². The molecule has 0 aliphatic rings. The highest BCUT2D eigenvalue weighted by molar-refractivity contribution is 7.99. The average molecular weight is 363 g/mol. The summed E-state index contributed by atoms with van der Waals surface area (Å²) < 4.78 is 13.1. The molecule has 124 valence electrons. The maximum absolute atomic E-state index is 13.1. The van der Waals surface area contributed by atoms with Crippen molar-refractivity contribution in [1.29, 1.82) is 0 Å². The smallest absolute Gasteiger partial charge is 0.260 e. The van der Waals surface area contributed by atoms with Crippen LogP contribution in [0.1, 0.15) is 10.4 Å². The van der Waals surface area contributed by atoms with Crippen LogP contribution in [-0.4, -0.2) is 21.6 Å². The fraction of sp³-hybridized carbons (Fsp3) is 0.188. The number of hydrogen-bond donors (Lipinski definition) is 2. The molecule has 5 nitrogen and oxygen atoms in total. The van der Waals surface area contributed by atoms with Crippen molar-refractivity contribution >= 4 is 44.9 Å². The molecule has 0 spiro atoms. The number of aryl methyl sites for hydroxylation is 2. The number of rotatable bonds is 4. The molecule has 0 aliphatic carbocycles. The topological polar surface area (TPSA) is 74.8 Å². The summed E-state index contributed by atoms with van der Waals surface area (Å²) in [6, 6.07) is 5.67. The Morgan fingerprint density at radius 2 is 2.21 bits per heavy atom. The van der Waals surface area contributed by atoms with E-state index in [4.69, 9.17) is 0 Å². The molecule has 2 N–H and O–H groups in total. The van der Waals surface area contributed by atoms with Gasteiger partial charge in [0.2, 0.25) is 5.91 Å². The Kier molecular flexibility index (Phi) is 4.68. The van der Waals surface area contributed by atoms with Gasteiger partial charge in [0.15, 0.2) is 5.16 Å². The summed E-state index contributed by atoms with van der Waals surface area (Å²) in [6.07, 6.45) is 0. The third-order valence-electron chi connectivity index (χ3n) is 3.47. The van der Waals surface area contributed by atoms with Gasteiger partial charge in [0.25, 0.3) is 5.56 Å². The monoisotopic (exact) mass is 363 g/mol. The van der Waals surface area contributed by atoms with Crippen LogP contribution in [-0.2, 0) is 4.79 Å². The van der Waals surface area contributed by atoms with E-state index in [1.54, 1.807) is 6.07 Å². The standard InChI is InChI=1S/C16H14FN3O2S2/c1-8-9(2)24-15-13(8)14(22)19-16(20-15)23-7-12(21)18-11-5-3-4-10(17)6-11/h3-6H,7H2,1-2H3,(H,18,21)(H,19,20,22). The molecular weight excluding hydrogens is 349 g/mol. The maximum atomic E-state index is 13.1. The molecule has 3 aromatic rings. The maximum Gasteiger partial charge on any atom is 0.260 e. The van der Waals surface area contributed by atoms with Crippen molar-refractivity contribution in [2.24, 2.45) is 0 Å². The summed E-state index contributed by atoms with van der Waals surface area (Å²) >= 11 is 2.59. The zero-order valence-electron chi connectivity index (χ0n) is 13.0. The van der Waals surface area contributed by atoms with Crippen LogP contribution in [0, 0.1) is 19.7 Å². The van der Waals surface area contributed by atoms with Crippen LogP contribution in [0.2, 0.25) is 0 Å². The number of amides is 1. The zero-order chi connectivity index (χ0) is 17.3. The van der Waals surface area contributed by atoms with E-state index < -0.39 is 5.82 Å². The number of benzene rings is 1. The van der Waals surface area contributed by atoms with Gasteiger partial charge in [0.1, 0.15) is 10.6 Å². The molecule has 0 saturated heterocycles. The van der Waals surface area contributed by atoms with E-state index >= 15 is 0 Å². The lowest BCUT2D eigenvalue weighted by Gasteiger charge is -2.05. The molecule has 1 aromatic carbocycles. The Labute approximate surface area is 145 Å². The molecule has 24 heavy (non-hydrogen) atoms. The number of nitrogens with one attached hydrogen (secondary N) is 2. The number of aromatic amines is 1. The lowest BCUT2D eigenvalue weighted by atomic mass is 10.2. The van der Waals surface area contributed by atoms with Crippen LogP contribution in [0.4, 0.5) is 10.1 Å². The van der Waals surface area contributed by atoms with Crippen LogP contribution in [0.15, 0.2) is 34.2 Å². The van der Waals surface area contributed by atoms with E-state index in [0.717, 1.165) is 22.2 Å². The first kappa shape index (κ1) is 16.7. The van der Waals surface area contributed by atoms with E-state index in [2.05, 4.69) is 15.3 Å². The van der Waals surface area contributed by atoms with Crippen molar-refractivity contribution in [3.05, 3.63) is 50.9 Å². The average Bonchev–Trinajstić information content (AvgIpc) is 2.80. The van der Waals surface area contributed by atoms with E-state index in [-0.39, 0.29) is 17.2 Å². The molecule has 2 aromatic heterocycles. The lowest BCUT2D eigenvalue weighted by molar-refractivity contribution is -0.113. The molecule has 0 aliphatic heterocycles. The Morgan fingerprint density at radius 3 is 2.96 bits per heavy atom. The number of hydrogen-bond acceptors (Lipinski definition) is 5. The number of carbonyl (C=O) groups excluding carboxylic acids is 1. The van der Waals surface area contributed by atoms with E-state index in [0.29, 0.717) is 21.1 Å². The first-order valence-electron chi connectivity index (χ1n) is 7.12. The van der Waals surface area contributed by atoms with Gasteiger partial charge in [-0.05, 0) is 37.6 Å². The minimum absolute atomic E-state index is 0.0638. The van der Waals surface area contributed by atoms with Crippen LogP contribution in [0.25, 0.3) is 10.2 Å². The number of thioether (sulfide) groups is 1. The van der Waals surface area contributed by atoms with Gasteiger partial charge in [-0.15, -0.1) is 11.3 Å². The summed E-state index contributed by atoms with van der Waals surface area (Å²) in [5.74, 6) is -0.652. The van der Waals surface area contributed by atoms with Gasteiger partial charge in [0, 0.05) is 10.6 Å². The summed E-state index contributed by atoms with van der Waals surface area (Å²) in [6.45, 7) is 3.84. The number of H-pyrrole nitrogens is 1. The molecule has 0 unspecified atom stereocenters. The molecule has 8 heteroatoms. The van der Waals surface area contributed by atoms with Crippen LogP contribution >= 0.6 is 23.1 Å². The third-order valence-corrected chi connectivity index (χ3v) is 5.44. The third kappa shape index (κ3) is 3.49. The number of nitrogens with zero attached hydrogens (tertiary/aromatic N) is 1. The van der Waals surface area contributed by atoms with Crippen LogP contribution in [0.5, 0.6) is 0 Å². The van der Waals surface area contributed by atoms with Crippen molar-refractivity contribution in [3.63, 3.8) is 0 Å². The van der Waals surface area contributed by atoms with E-state index in [1.807, 2.05) is 13.8 Å². The van der Waals surface area contributed by atoms with Gasteiger partial charge in [-0.25, -0.2) is 9.37 Å². The minimum atomic E-state index is -0.416. The van der Waals surface area contributed by atoms with E-state index in [1.165, 1.54) is 29.5 Å². The number of halogens is 1. The highest BCUT2D eigenvalue weighted by atomic mass is 32.2. The van der Waals surface area contributed by atoms with Crippen molar-refractivity contribution < 1.29 is 9.18 Å². The Balaban J connectivity index is 1.71.